The maximum Gasteiger partial charge on any atom is 0.295 e. The van der Waals surface area contributed by atoms with E-state index < -0.39 is 0 Å². The highest BCUT2D eigenvalue weighted by Crippen LogP contribution is 2.27. The minimum atomic E-state index is -0.358. The molecule has 2 heterocycles. The SMILES string of the molecule is Cc1c(NC(=O)CSc2nnc(-c3ccccc3Cl)n2N)c(=O)n(-c2ccccc2)n1C. The van der Waals surface area contributed by atoms with Gasteiger partial charge in [0.25, 0.3) is 5.56 Å². The Hall–Kier alpha value is -3.50. The molecule has 0 aliphatic heterocycles. The van der Waals surface area contributed by atoms with Crippen LogP contribution >= 0.6 is 23.4 Å². The summed E-state index contributed by atoms with van der Waals surface area (Å²) >= 11 is 7.31. The van der Waals surface area contributed by atoms with Gasteiger partial charge in [0.2, 0.25) is 11.1 Å². The largest absolute Gasteiger partial charge is 0.335 e. The van der Waals surface area contributed by atoms with Crippen molar-refractivity contribution in [3.8, 4) is 17.1 Å². The molecule has 4 aromatic rings. The highest BCUT2D eigenvalue weighted by atomic mass is 35.5. The zero-order valence-corrected chi connectivity index (χ0v) is 18.9. The lowest BCUT2D eigenvalue weighted by molar-refractivity contribution is -0.113. The second kappa shape index (κ2) is 8.93. The number of nitrogens with zero attached hydrogens (tertiary/aromatic N) is 5. The van der Waals surface area contributed by atoms with Crippen molar-refractivity contribution in [2.24, 2.45) is 7.05 Å². The molecule has 0 bridgehead atoms. The molecule has 11 heteroatoms. The van der Waals surface area contributed by atoms with Crippen molar-refractivity contribution in [1.29, 1.82) is 0 Å². The highest BCUT2D eigenvalue weighted by Gasteiger charge is 2.20. The summed E-state index contributed by atoms with van der Waals surface area (Å²) in [5.74, 6) is 6.13. The molecule has 0 aliphatic carbocycles. The number of benzene rings is 2. The van der Waals surface area contributed by atoms with Gasteiger partial charge in [-0.2, -0.15) is 0 Å². The van der Waals surface area contributed by atoms with Crippen LogP contribution in [0.1, 0.15) is 5.69 Å². The van der Waals surface area contributed by atoms with Crippen molar-refractivity contribution >= 4 is 35.0 Å². The molecule has 9 nitrogen and oxygen atoms in total. The number of hydrogen-bond donors (Lipinski definition) is 2. The van der Waals surface area contributed by atoms with Gasteiger partial charge in [0.15, 0.2) is 5.82 Å². The number of thioether (sulfide) groups is 1. The molecule has 0 atom stereocenters. The lowest BCUT2D eigenvalue weighted by Crippen LogP contribution is -2.23. The quantitative estimate of drug-likeness (QED) is 0.331. The van der Waals surface area contributed by atoms with E-state index in [4.69, 9.17) is 17.4 Å². The Morgan fingerprint density at radius 1 is 1.12 bits per heavy atom. The molecular weight excluding hydrogens is 450 g/mol. The summed E-state index contributed by atoms with van der Waals surface area (Å²) in [6.45, 7) is 1.77. The highest BCUT2D eigenvalue weighted by molar-refractivity contribution is 7.99. The number of amides is 1. The number of hydrogen-bond acceptors (Lipinski definition) is 6. The molecule has 0 fully saturated rings. The van der Waals surface area contributed by atoms with E-state index in [9.17, 15) is 9.59 Å². The third kappa shape index (κ3) is 4.02. The Kier molecular flexibility index (Phi) is 6.06. The first kappa shape index (κ1) is 21.7. The lowest BCUT2D eigenvalue weighted by atomic mass is 10.2. The van der Waals surface area contributed by atoms with E-state index in [-0.39, 0.29) is 22.9 Å². The summed E-state index contributed by atoms with van der Waals surface area (Å²) in [4.78, 5) is 25.5. The van der Waals surface area contributed by atoms with E-state index in [0.29, 0.717) is 32.9 Å². The fourth-order valence-electron chi connectivity index (χ4n) is 3.22. The summed E-state index contributed by atoms with van der Waals surface area (Å²) in [5, 5.41) is 11.7. The zero-order chi connectivity index (χ0) is 22.8. The summed E-state index contributed by atoms with van der Waals surface area (Å²) in [5.41, 5.74) is 1.91. The van der Waals surface area contributed by atoms with Crippen LogP contribution in [-0.4, -0.2) is 35.9 Å². The van der Waals surface area contributed by atoms with Gasteiger partial charge in [-0.05, 0) is 31.2 Å². The molecule has 0 radical (unpaired) electrons. The maximum atomic E-state index is 12.9. The zero-order valence-electron chi connectivity index (χ0n) is 17.3. The second-order valence-electron chi connectivity index (χ2n) is 6.93. The van der Waals surface area contributed by atoms with Crippen LogP contribution in [0.25, 0.3) is 17.1 Å². The normalized spacial score (nSPS) is 11.0. The van der Waals surface area contributed by atoms with E-state index in [2.05, 4.69) is 15.5 Å². The molecule has 164 valence electrons. The smallest absolute Gasteiger partial charge is 0.295 e. The number of anilines is 1. The Bertz CT molecular complexity index is 1340. The Morgan fingerprint density at radius 2 is 1.81 bits per heavy atom. The molecular formula is C21H20ClN7O2S. The van der Waals surface area contributed by atoms with Crippen LogP contribution in [0, 0.1) is 6.92 Å². The first-order chi connectivity index (χ1) is 15.4. The summed E-state index contributed by atoms with van der Waals surface area (Å²) in [6, 6.07) is 16.4. The first-order valence-corrected chi connectivity index (χ1v) is 11.0. The van der Waals surface area contributed by atoms with E-state index in [1.165, 1.54) is 9.36 Å². The Morgan fingerprint density at radius 3 is 2.53 bits per heavy atom. The van der Waals surface area contributed by atoms with Crippen LogP contribution in [0.4, 0.5) is 5.69 Å². The lowest BCUT2D eigenvalue weighted by Gasteiger charge is -2.07. The summed E-state index contributed by atoms with van der Waals surface area (Å²) in [6.07, 6.45) is 0. The number of nitrogen functional groups attached to an aromatic ring is 1. The van der Waals surface area contributed by atoms with E-state index in [1.54, 1.807) is 36.9 Å². The van der Waals surface area contributed by atoms with E-state index in [1.807, 2.05) is 36.4 Å². The number of halogens is 1. The van der Waals surface area contributed by atoms with Gasteiger partial charge in [0.1, 0.15) is 5.69 Å². The third-order valence-electron chi connectivity index (χ3n) is 4.93. The Balaban J connectivity index is 1.49. The van der Waals surface area contributed by atoms with Gasteiger partial charge < -0.3 is 11.2 Å². The van der Waals surface area contributed by atoms with Crippen molar-refractivity contribution in [3.05, 3.63) is 75.7 Å². The standard InChI is InChI=1S/C21H20ClN7O2S/c1-13-18(20(31)29(27(13)2)14-8-4-3-5-9-14)24-17(30)12-32-21-26-25-19(28(21)23)15-10-6-7-11-16(15)22/h3-11H,12,23H2,1-2H3,(H,24,30). The van der Waals surface area contributed by atoms with Gasteiger partial charge in [-0.25, -0.2) is 9.36 Å². The average Bonchev–Trinajstić information content (AvgIpc) is 3.25. The Labute approximate surface area is 192 Å². The van der Waals surface area contributed by atoms with Crippen LogP contribution in [0.3, 0.4) is 0 Å². The molecule has 0 aliphatic rings. The number of para-hydroxylation sites is 1. The van der Waals surface area contributed by atoms with Crippen LogP contribution in [-0.2, 0) is 11.8 Å². The molecule has 0 unspecified atom stereocenters. The van der Waals surface area contributed by atoms with Crippen molar-refractivity contribution in [3.63, 3.8) is 0 Å². The van der Waals surface area contributed by atoms with Gasteiger partial charge in [-0.3, -0.25) is 14.3 Å². The molecule has 0 saturated carbocycles. The molecule has 3 N–H and O–H groups in total. The average molecular weight is 470 g/mol. The van der Waals surface area contributed by atoms with Crippen LogP contribution in [0.5, 0.6) is 0 Å². The van der Waals surface area contributed by atoms with Gasteiger partial charge in [-0.1, -0.05) is 53.7 Å². The monoisotopic (exact) mass is 469 g/mol. The van der Waals surface area contributed by atoms with Crippen LogP contribution < -0.4 is 16.7 Å². The van der Waals surface area contributed by atoms with Crippen LogP contribution in [0.2, 0.25) is 5.02 Å². The van der Waals surface area contributed by atoms with E-state index in [0.717, 1.165) is 11.8 Å². The summed E-state index contributed by atoms with van der Waals surface area (Å²) in [7, 11) is 1.77. The summed E-state index contributed by atoms with van der Waals surface area (Å²) < 4.78 is 4.49. The molecule has 0 saturated heterocycles. The number of nitrogens with two attached hydrogens (primary N) is 1. The van der Waals surface area contributed by atoms with Crippen molar-refractivity contribution in [1.82, 2.24) is 24.2 Å². The minimum Gasteiger partial charge on any atom is -0.335 e. The van der Waals surface area contributed by atoms with Crippen molar-refractivity contribution in [2.75, 3.05) is 16.9 Å². The molecule has 2 aromatic heterocycles. The van der Waals surface area contributed by atoms with Crippen molar-refractivity contribution in [2.45, 2.75) is 12.1 Å². The topological polar surface area (TPSA) is 113 Å². The number of carbonyl (C=O) groups excluding carboxylic acids is 1. The second-order valence-corrected chi connectivity index (χ2v) is 8.28. The number of nitrogens with one attached hydrogen (secondary N) is 1. The molecule has 32 heavy (non-hydrogen) atoms. The maximum absolute atomic E-state index is 12.9. The third-order valence-corrected chi connectivity index (χ3v) is 6.20. The fraction of sp³-hybridized carbons (Fsp3) is 0.143. The number of aromatic nitrogens is 5. The van der Waals surface area contributed by atoms with Crippen molar-refractivity contribution < 1.29 is 4.79 Å². The van der Waals surface area contributed by atoms with Gasteiger partial charge in [-0.15, -0.1) is 10.2 Å². The predicted octanol–water partition coefficient (Wildman–Crippen LogP) is 2.84. The minimum absolute atomic E-state index is 0.00301. The number of carbonyl (C=O) groups is 1. The molecule has 1 amide bonds. The van der Waals surface area contributed by atoms with E-state index >= 15 is 0 Å². The predicted molar refractivity (Wildman–Crippen MR) is 126 cm³/mol. The molecule has 4 rings (SSSR count). The fourth-order valence-corrected chi connectivity index (χ4v) is 4.10. The molecule has 0 spiro atoms. The van der Waals surface area contributed by atoms with Gasteiger partial charge in [0, 0.05) is 12.6 Å². The number of rotatable bonds is 6. The van der Waals surface area contributed by atoms with Gasteiger partial charge >= 0.3 is 0 Å². The first-order valence-electron chi connectivity index (χ1n) is 9.60. The van der Waals surface area contributed by atoms with Crippen LogP contribution in [0.15, 0.2) is 64.5 Å². The van der Waals surface area contributed by atoms with Gasteiger partial charge in [0.05, 0.1) is 22.2 Å². The molecule has 2 aromatic carbocycles.